The molecule has 4 rings (SSSR count). The first-order chi connectivity index (χ1) is 14.6. The van der Waals surface area contributed by atoms with Gasteiger partial charge in [-0.3, -0.25) is 4.79 Å². The van der Waals surface area contributed by atoms with Gasteiger partial charge in [0.1, 0.15) is 18.1 Å². The molecule has 3 nitrogen and oxygen atoms in total. The van der Waals surface area contributed by atoms with E-state index in [1.54, 1.807) is 6.08 Å². The van der Waals surface area contributed by atoms with E-state index >= 15 is 0 Å². The Morgan fingerprint density at radius 1 is 0.867 bits per heavy atom. The van der Waals surface area contributed by atoms with Gasteiger partial charge in [-0.15, -0.1) is 0 Å². The summed E-state index contributed by atoms with van der Waals surface area (Å²) in [5.41, 5.74) is 0. The minimum atomic E-state index is -0.0572. The standard InChI is InChI=1S/C27H38O3/c1-3-16-29-25-12-14-26(15-13-25)30-27(28)21-8-6-20(7-9-21)23-11-10-22-17-19(2)4-5-24(22)18-23/h3,12-15,19-24H,1,4-11,16-18H2,2H3. The van der Waals surface area contributed by atoms with Crippen molar-refractivity contribution >= 4 is 5.97 Å². The quantitative estimate of drug-likeness (QED) is 0.293. The van der Waals surface area contributed by atoms with Gasteiger partial charge in [0.05, 0.1) is 5.92 Å². The summed E-state index contributed by atoms with van der Waals surface area (Å²) in [6.07, 6.45) is 14.8. The van der Waals surface area contributed by atoms with E-state index in [4.69, 9.17) is 9.47 Å². The van der Waals surface area contributed by atoms with Crippen molar-refractivity contribution in [3.8, 4) is 11.5 Å². The fourth-order valence-electron chi connectivity index (χ4n) is 6.37. The smallest absolute Gasteiger partial charge is 0.314 e. The van der Waals surface area contributed by atoms with Gasteiger partial charge in [0.25, 0.3) is 0 Å². The second kappa shape index (κ2) is 10.0. The van der Waals surface area contributed by atoms with Crippen LogP contribution in [0.3, 0.4) is 0 Å². The van der Waals surface area contributed by atoms with Gasteiger partial charge in [0.15, 0.2) is 0 Å². The fraction of sp³-hybridized carbons (Fsp3) is 0.667. The van der Waals surface area contributed by atoms with Crippen LogP contribution >= 0.6 is 0 Å². The maximum atomic E-state index is 12.7. The van der Waals surface area contributed by atoms with E-state index in [1.165, 1.54) is 51.4 Å². The van der Waals surface area contributed by atoms with Gasteiger partial charge in [-0.2, -0.15) is 0 Å². The molecule has 3 saturated carbocycles. The van der Waals surface area contributed by atoms with Crippen LogP contribution in [0.5, 0.6) is 11.5 Å². The zero-order chi connectivity index (χ0) is 20.9. The molecule has 0 saturated heterocycles. The highest BCUT2D eigenvalue weighted by Gasteiger charge is 2.38. The molecule has 0 heterocycles. The lowest BCUT2D eigenvalue weighted by Crippen LogP contribution is -2.35. The van der Waals surface area contributed by atoms with Gasteiger partial charge in [-0.25, -0.2) is 0 Å². The van der Waals surface area contributed by atoms with Crippen molar-refractivity contribution in [2.24, 2.45) is 35.5 Å². The molecule has 3 heteroatoms. The third-order valence-electron chi connectivity index (χ3n) is 8.10. The second-order valence-electron chi connectivity index (χ2n) is 10.1. The molecule has 0 radical (unpaired) electrons. The summed E-state index contributed by atoms with van der Waals surface area (Å²) in [6.45, 7) is 6.56. The normalized spacial score (nSPS) is 33.9. The molecule has 3 aliphatic rings. The molecule has 3 aliphatic carbocycles. The highest BCUT2D eigenvalue weighted by atomic mass is 16.5. The lowest BCUT2D eigenvalue weighted by Gasteiger charge is -2.44. The van der Waals surface area contributed by atoms with Crippen molar-refractivity contribution in [3.05, 3.63) is 36.9 Å². The van der Waals surface area contributed by atoms with Crippen LogP contribution in [-0.4, -0.2) is 12.6 Å². The number of ether oxygens (including phenoxy) is 2. The molecule has 164 valence electrons. The molecule has 1 aromatic rings. The zero-order valence-corrected chi connectivity index (χ0v) is 18.6. The average molecular weight is 411 g/mol. The zero-order valence-electron chi connectivity index (χ0n) is 18.6. The van der Waals surface area contributed by atoms with Crippen LogP contribution in [0.4, 0.5) is 0 Å². The third kappa shape index (κ3) is 5.28. The summed E-state index contributed by atoms with van der Waals surface area (Å²) in [4.78, 5) is 12.7. The monoisotopic (exact) mass is 410 g/mol. The molecule has 0 spiro atoms. The molecule has 3 fully saturated rings. The van der Waals surface area contributed by atoms with E-state index in [9.17, 15) is 4.79 Å². The van der Waals surface area contributed by atoms with Gasteiger partial charge in [0.2, 0.25) is 0 Å². The minimum Gasteiger partial charge on any atom is -0.490 e. The summed E-state index contributed by atoms with van der Waals surface area (Å²) in [5, 5.41) is 0. The van der Waals surface area contributed by atoms with E-state index in [-0.39, 0.29) is 11.9 Å². The van der Waals surface area contributed by atoms with Crippen molar-refractivity contribution in [2.45, 2.75) is 71.1 Å². The van der Waals surface area contributed by atoms with Crippen molar-refractivity contribution in [2.75, 3.05) is 6.61 Å². The molecule has 4 unspecified atom stereocenters. The van der Waals surface area contributed by atoms with Crippen molar-refractivity contribution in [3.63, 3.8) is 0 Å². The number of benzene rings is 1. The second-order valence-corrected chi connectivity index (χ2v) is 10.1. The first-order valence-electron chi connectivity index (χ1n) is 12.2. The molecule has 0 aromatic heterocycles. The number of hydrogen-bond donors (Lipinski definition) is 0. The lowest BCUT2D eigenvalue weighted by atomic mass is 9.61. The van der Waals surface area contributed by atoms with Gasteiger partial charge in [-0.1, -0.05) is 26.0 Å². The molecular weight excluding hydrogens is 372 g/mol. The molecule has 0 N–H and O–H groups in total. The summed E-state index contributed by atoms with van der Waals surface area (Å²) in [5.74, 6) is 6.04. The molecule has 4 atom stereocenters. The van der Waals surface area contributed by atoms with Gasteiger partial charge < -0.3 is 9.47 Å². The molecule has 30 heavy (non-hydrogen) atoms. The molecular formula is C27H38O3. The van der Waals surface area contributed by atoms with Crippen LogP contribution in [0.25, 0.3) is 0 Å². The number of rotatable bonds is 6. The average Bonchev–Trinajstić information content (AvgIpc) is 2.78. The van der Waals surface area contributed by atoms with E-state index in [0.29, 0.717) is 12.4 Å². The van der Waals surface area contributed by atoms with Crippen molar-refractivity contribution in [1.82, 2.24) is 0 Å². The minimum absolute atomic E-state index is 0.0572. The van der Waals surface area contributed by atoms with Crippen LogP contribution in [0, 0.1) is 35.5 Å². The first kappa shape index (κ1) is 21.5. The van der Waals surface area contributed by atoms with Crippen LogP contribution in [0.15, 0.2) is 36.9 Å². The Bertz CT molecular complexity index is 701. The van der Waals surface area contributed by atoms with Crippen molar-refractivity contribution in [1.29, 1.82) is 0 Å². The van der Waals surface area contributed by atoms with E-state index in [0.717, 1.165) is 48.2 Å². The number of fused-ring (bicyclic) bond motifs is 1. The molecule has 0 aliphatic heterocycles. The number of carbonyl (C=O) groups excluding carboxylic acids is 1. The molecule has 1 aromatic carbocycles. The summed E-state index contributed by atoms with van der Waals surface area (Å²) < 4.78 is 11.1. The van der Waals surface area contributed by atoms with Gasteiger partial charge >= 0.3 is 5.97 Å². The summed E-state index contributed by atoms with van der Waals surface area (Å²) >= 11 is 0. The summed E-state index contributed by atoms with van der Waals surface area (Å²) in [7, 11) is 0. The fourth-order valence-corrected chi connectivity index (χ4v) is 6.37. The number of esters is 1. The van der Waals surface area contributed by atoms with Gasteiger partial charge in [-0.05, 0) is 112 Å². The van der Waals surface area contributed by atoms with E-state index < -0.39 is 0 Å². The Kier molecular flexibility index (Phi) is 7.17. The Balaban J connectivity index is 1.22. The predicted molar refractivity (Wildman–Crippen MR) is 121 cm³/mol. The lowest BCUT2D eigenvalue weighted by molar-refractivity contribution is -0.140. The van der Waals surface area contributed by atoms with Crippen LogP contribution in [0.2, 0.25) is 0 Å². The highest BCUT2D eigenvalue weighted by Crippen LogP contribution is 2.49. The Labute approximate surface area is 182 Å². The maximum absolute atomic E-state index is 12.7. The molecule has 0 amide bonds. The van der Waals surface area contributed by atoms with Gasteiger partial charge in [0, 0.05) is 0 Å². The van der Waals surface area contributed by atoms with Crippen LogP contribution < -0.4 is 9.47 Å². The third-order valence-corrected chi connectivity index (χ3v) is 8.10. The predicted octanol–water partition coefficient (Wildman–Crippen LogP) is 6.82. The SMILES string of the molecule is C=CCOc1ccc(OC(=O)C2CCC(C3CCC4CC(C)CCC4C3)CC2)cc1. The number of carbonyl (C=O) groups is 1. The summed E-state index contributed by atoms with van der Waals surface area (Å²) in [6, 6.07) is 7.30. The topological polar surface area (TPSA) is 35.5 Å². The van der Waals surface area contributed by atoms with E-state index in [2.05, 4.69) is 13.5 Å². The highest BCUT2D eigenvalue weighted by molar-refractivity contribution is 5.75. The maximum Gasteiger partial charge on any atom is 0.314 e. The Hall–Kier alpha value is -1.77. The van der Waals surface area contributed by atoms with Crippen molar-refractivity contribution < 1.29 is 14.3 Å². The Morgan fingerprint density at radius 2 is 1.43 bits per heavy atom. The number of hydrogen-bond acceptors (Lipinski definition) is 3. The van der Waals surface area contributed by atoms with Crippen LogP contribution in [0.1, 0.15) is 71.1 Å². The largest absolute Gasteiger partial charge is 0.490 e. The van der Waals surface area contributed by atoms with E-state index in [1.807, 2.05) is 24.3 Å². The first-order valence-corrected chi connectivity index (χ1v) is 12.2. The Morgan fingerprint density at radius 3 is 2.13 bits per heavy atom. The molecule has 0 bridgehead atoms. The van der Waals surface area contributed by atoms with Crippen LogP contribution in [-0.2, 0) is 4.79 Å².